The van der Waals surface area contributed by atoms with Crippen molar-refractivity contribution in [2.24, 2.45) is 5.84 Å². The van der Waals surface area contributed by atoms with Crippen LogP contribution in [0.5, 0.6) is 0 Å². The van der Waals surface area contributed by atoms with Gasteiger partial charge in [0.25, 0.3) is 5.91 Å². The van der Waals surface area contributed by atoms with E-state index >= 15 is 0 Å². The number of rotatable bonds is 3. The highest BCUT2D eigenvalue weighted by Crippen LogP contribution is 2.33. The standard InChI is InChI=1S/C16H19N3OS/c1-10-9-11(5-6-13(10)19-17)16(20)18-14-3-2-4-15-12(14)7-8-21-15/h5-9,14,19H,2-4,17H2,1H3,(H,18,20). The number of hydrogen-bond donors (Lipinski definition) is 3. The summed E-state index contributed by atoms with van der Waals surface area (Å²) in [6.07, 6.45) is 3.28. The maximum Gasteiger partial charge on any atom is 0.251 e. The summed E-state index contributed by atoms with van der Waals surface area (Å²) in [5.41, 5.74) is 6.39. The molecule has 0 bridgehead atoms. The number of nitrogens with one attached hydrogen (secondary N) is 2. The van der Waals surface area contributed by atoms with Gasteiger partial charge >= 0.3 is 0 Å². The molecule has 21 heavy (non-hydrogen) atoms. The van der Waals surface area contributed by atoms with Gasteiger partial charge in [0, 0.05) is 10.4 Å². The minimum absolute atomic E-state index is 0.0225. The van der Waals surface area contributed by atoms with Gasteiger partial charge in [-0.25, -0.2) is 0 Å². The van der Waals surface area contributed by atoms with E-state index in [0.717, 1.165) is 30.5 Å². The number of amides is 1. The maximum absolute atomic E-state index is 12.4. The molecule has 1 atom stereocenters. The highest BCUT2D eigenvalue weighted by molar-refractivity contribution is 7.10. The summed E-state index contributed by atoms with van der Waals surface area (Å²) in [7, 11) is 0. The van der Waals surface area contributed by atoms with Crippen LogP contribution in [0.15, 0.2) is 29.6 Å². The average molecular weight is 301 g/mol. The molecule has 0 radical (unpaired) electrons. The summed E-state index contributed by atoms with van der Waals surface area (Å²) in [6.45, 7) is 1.93. The van der Waals surface area contributed by atoms with Gasteiger partial charge in [-0.15, -0.1) is 11.3 Å². The van der Waals surface area contributed by atoms with E-state index in [0.29, 0.717) is 5.56 Å². The Labute approximate surface area is 128 Å². The van der Waals surface area contributed by atoms with Crippen LogP contribution in [-0.2, 0) is 6.42 Å². The van der Waals surface area contributed by atoms with Gasteiger partial charge in [-0.05, 0) is 67.0 Å². The maximum atomic E-state index is 12.4. The van der Waals surface area contributed by atoms with Crippen molar-refractivity contribution >= 4 is 22.9 Å². The van der Waals surface area contributed by atoms with Crippen molar-refractivity contribution in [3.63, 3.8) is 0 Å². The van der Waals surface area contributed by atoms with Gasteiger partial charge in [0.2, 0.25) is 0 Å². The van der Waals surface area contributed by atoms with Crippen LogP contribution in [0.2, 0.25) is 0 Å². The molecule has 0 spiro atoms. The summed E-state index contributed by atoms with van der Waals surface area (Å²) >= 11 is 1.79. The van der Waals surface area contributed by atoms with E-state index in [1.165, 1.54) is 10.4 Å². The molecule has 1 amide bonds. The van der Waals surface area contributed by atoms with Crippen LogP contribution in [-0.4, -0.2) is 5.91 Å². The Morgan fingerprint density at radius 3 is 3.00 bits per heavy atom. The molecule has 4 nitrogen and oxygen atoms in total. The Bertz CT molecular complexity index is 665. The Kier molecular flexibility index (Phi) is 3.94. The van der Waals surface area contributed by atoms with E-state index in [4.69, 9.17) is 5.84 Å². The third-order valence-corrected chi connectivity index (χ3v) is 5.00. The zero-order valence-electron chi connectivity index (χ0n) is 12.0. The van der Waals surface area contributed by atoms with E-state index in [9.17, 15) is 4.79 Å². The number of hydrogen-bond acceptors (Lipinski definition) is 4. The Morgan fingerprint density at radius 1 is 1.38 bits per heavy atom. The van der Waals surface area contributed by atoms with Crippen molar-refractivity contribution in [3.05, 3.63) is 51.2 Å². The van der Waals surface area contributed by atoms with Gasteiger partial charge in [-0.1, -0.05) is 0 Å². The minimum Gasteiger partial charge on any atom is -0.345 e. The van der Waals surface area contributed by atoms with Crippen LogP contribution >= 0.6 is 11.3 Å². The van der Waals surface area contributed by atoms with Crippen molar-refractivity contribution in [2.75, 3.05) is 5.43 Å². The summed E-state index contributed by atoms with van der Waals surface area (Å²) in [6, 6.07) is 7.77. The lowest BCUT2D eigenvalue weighted by atomic mass is 9.93. The molecule has 1 aliphatic rings. The van der Waals surface area contributed by atoms with Crippen LogP contribution in [0.3, 0.4) is 0 Å². The molecule has 1 aromatic heterocycles. The first-order valence-corrected chi connectivity index (χ1v) is 8.01. The van der Waals surface area contributed by atoms with Gasteiger partial charge in [-0.2, -0.15) is 0 Å². The number of thiophene rings is 1. The van der Waals surface area contributed by atoms with Crippen molar-refractivity contribution < 1.29 is 4.79 Å². The highest BCUT2D eigenvalue weighted by atomic mass is 32.1. The van der Waals surface area contributed by atoms with Gasteiger partial charge < -0.3 is 10.7 Å². The number of anilines is 1. The number of carbonyl (C=O) groups is 1. The normalized spacial score (nSPS) is 17.1. The minimum atomic E-state index is -0.0225. The zero-order chi connectivity index (χ0) is 14.8. The number of nitrogen functional groups attached to an aromatic ring is 1. The summed E-state index contributed by atoms with van der Waals surface area (Å²) in [5, 5.41) is 5.27. The number of aryl methyl sites for hydroxylation is 2. The van der Waals surface area contributed by atoms with Gasteiger partial charge in [0.1, 0.15) is 0 Å². The van der Waals surface area contributed by atoms with Crippen molar-refractivity contribution in [1.29, 1.82) is 0 Å². The van der Waals surface area contributed by atoms with Crippen LogP contribution in [0.1, 0.15) is 45.2 Å². The molecule has 4 N–H and O–H groups in total. The van der Waals surface area contributed by atoms with Crippen LogP contribution < -0.4 is 16.6 Å². The number of nitrogens with two attached hydrogens (primary N) is 1. The molecule has 3 rings (SSSR count). The molecule has 0 saturated carbocycles. The van der Waals surface area contributed by atoms with Gasteiger partial charge in [0.15, 0.2) is 0 Å². The molecule has 2 aromatic rings. The summed E-state index contributed by atoms with van der Waals surface area (Å²) < 4.78 is 0. The molecule has 5 heteroatoms. The number of carbonyl (C=O) groups excluding carboxylic acids is 1. The first-order chi connectivity index (χ1) is 10.2. The fourth-order valence-electron chi connectivity index (χ4n) is 2.84. The predicted molar refractivity (Wildman–Crippen MR) is 86.5 cm³/mol. The van der Waals surface area contributed by atoms with Crippen LogP contribution in [0.4, 0.5) is 5.69 Å². The SMILES string of the molecule is Cc1cc(C(=O)NC2CCCc3sccc32)ccc1NN. The molecular formula is C16H19N3OS. The lowest BCUT2D eigenvalue weighted by molar-refractivity contribution is 0.0933. The van der Waals surface area contributed by atoms with Crippen molar-refractivity contribution in [3.8, 4) is 0 Å². The topological polar surface area (TPSA) is 67.2 Å². The van der Waals surface area contributed by atoms with Crippen LogP contribution in [0, 0.1) is 6.92 Å². The quantitative estimate of drug-likeness (QED) is 0.602. The first-order valence-electron chi connectivity index (χ1n) is 7.13. The molecular weight excluding hydrogens is 282 g/mol. The van der Waals surface area contributed by atoms with Gasteiger partial charge in [0.05, 0.1) is 11.7 Å². The Balaban J connectivity index is 1.77. The van der Waals surface area contributed by atoms with Gasteiger partial charge in [-0.3, -0.25) is 10.6 Å². The molecule has 1 aromatic carbocycles. The summed E-state index contributed by atoms with van der Waals surface area (Å²) in [5.74, 6) is 5.40. The number of fused-ring (bicyclic) bond motifs is 1. The highest BCUT2D eigenvalue weighted by Gasteiger charge is 2.23. The molecule has 0 aliphatic heterocycles. The number of hydrazine groups is 1. The molecule has 0 saturated heterocycles. The average Bonchev–Trinajstić information content (AvgIpc) is 2.96. The third-order valence-electron chi connectivity index (χ3n) is 4.00. The second-order valence-corrected chi connectivity index (χ2v) is 6.39. The second kappa shape index (κ2) is 5.87. The zero-order valence-corrected chi connectivity index (χ0v) is 12.8. The Hall–Kier alpha value is -1.85. The summed E-state index contributed by atoms with van der Waals surface area (Å²) in [4.78, 5) is 13.8. The fourth-order valence-corrected chi connectivity index (χ4v) is 3.83. The number of benzene rings is 1. The van der Waals surface area contributed by atoms with E-state index in [1.807, 2.05) is 19.1 Å². The van der Waals surface area contributed by atoms with E-state index in [-0.39, 0.29) is 11.9 Å². The van der Waals surface area contributed by atoms with Crippen LogP contribution in [0.25, 0.3) is 0 Å². The first kappa shape index (κ1) is 14.1. The van der Waals surface area contributed by atoms with E-state index < -0.39 is 0 Å². The largest absolute Gasteiger partial charge is 0.345 e. The molecule has 1 unspecified atom stereocenters. The smallest absolute Gasteiger partial charge is 0.251 e. The molecule has 0 fully saturated rings. The lowest BCUT2D eigenvalue weighted by Gasteiger charge is -2.23. The van der Waals surface area contributed by atoms with Crippen molar-refractivity contribution in [1.82, 2.24) is 5.32 Å². The van der Waals surface area contributed by atoms with Crippen molar-refractivity contribution in [2.45, 2.75) is 32.2 Å². The molecule has 1 heterocycles. The Morgan fingerprint density at radius 2 is 2.24 bits per heavy atom. The second-order valence-electron chi connectivity index (χ2n) is 5.39. The fraction of sp³-hybridized carbons (Fsp3) is 0.312. The third kappa shape index (κ3) is 2.80. The van der Waals surface area contributed by atoms with E-state index in [2.05, 4.69) is 22.2 Å². The molecule has 1 aliphatic carbocycles. The van der Waals surface area contributed by atoms with E-state index in [1.54, 1.807) is 17.4 Å². The molecule has 110 valence electrons. The monoisotopic (exact) mass is 301 g/mol. The predicted octanol–water partition coefficient (Wildman–Crippen LogP) is 3.15. The lowest BCUT2D eigenvalue weighted by Crippen LogP contribution is -2.30.